The predicted octanol–water partition coefficient (Wildman–Crippen LogP) is 3.12. The second kappa shape index (κ2) is 3.11. The Labute approximate surface area is 91.4 Å². The Morgan fingerprint density at radius 1 is 1.36 bits per heavy atom. The molecule has 2 nitrogen and oxygen atoms in total. The molecule has 0 aliphatic heterocycles. The van der Waals surface area contributed by atoms with E-state index in [1.54, 1.807) is 6.26 Å². The van der Waals surface area contributed by atoms with Crippen LogP contribution in [0.4, 0.5) is 0 Å². The molecule has 1 aromatic rings. The molecular weight excluding hydrogens is 244 g/mol. The Balaban J connectivity index is 1.76. The normalized spacial score (nSPS) is 36.9. The molecule has 0 saturated heterocycles. The van der Waals surface area contributed by atoms with Crippen LogP contribution in [0.5, 0.6) is 0 Å². The minimum absolute atomic E-state index is 0.410. The van der Waals surface area contributed by atoms with E-state index in [2.05, 4.69) is 15.9 Å². The van der Waals surface area contributed by atoms with Gasteiger partial charge < -0.3 is 9.52 Å². The molecule has 14 heavy (non-hydrogen) atoms. The summed E-state index contributed by atoms with van der Waals surface area (Å²) in [7, 11) is 0. The van der Waals surface area contributed by atoms with Crippen molar-refractivity contribution in [3.05, 3.63) is 22.6 Å². The van der Waals surface area contributed by atoms with Crippen molar-refractivity contribution in [2.24, 2.45) is 17.8 Å². The maximum atomic E-state index is 10.1. The zero-order valence-corrected chi connectivity index (χ0v) is 9.40. The van der Waals surface area contributed by atoms with Crippen LogP contribution >= 0.6 is 15.9 Å². The molecule has 3 atom stereocenters. The summed E-state index contributed by atoms with van der Waals surface area (Å²) >= 11 is 3.39. The van der Waals surface area contributed by atoms with Crippen molar-refractivity contribution in [2.75, 3.05) is 0 Å². The number of furan rings is 1. The monoisotopic (exact) mass is 256 g/mol. The van der Waals surface area contributed by atoms with Crippen LogP contribution in [0.2, 0.25) is 0 Å². The average molecular weight is 257 g/mol. The summed E-state index contributed by atoms with van der Waals surface area (Å²) in [6.07, 6.45) is 4.96. The lowest BCUT2D eigenvalue weighted by Gasteiger charge is -2.17. The average Bonchev–Trinajstić information content (AvgIpc) is 2.64. The van der Waals surface area contributed by atoms with Crippen molar-refractivity contribution < 1.29 is 9.52 Å². The molecule has 3 rings (SSSR count). The Kier molecular flexibility index (Phi) is 1.99. The Hall–Kier alpha value is -0.280. The lowest BCUT2D eigenvalue weighted by Crippen LogP contribution is -2.10. The van der Waals surface area contributed by atoms with Crippen LogP contribution in [0.1, 0.15) is 31.1 Å². The lowest BCUT2D eigenvalue weighted by molar-refractivity contribution is 0.0816. The van der Waals surface area contributed by atoms with Gasteiger partial charge in [0.25, 0.3) is 0 Å². The van der Waals surface area contributed by atoms with E-state index in [0.717, 1.165) is 16.3 Å². The molecule has 0 radical (unpaired) electrons. The highest BCUT2D eigenvalue weighted by Gasteiger charge is 2.48. The standard InChI is InChI=1S/C11H13BrO2/c12-9-1-2-14-11(9)10(13)8-4-6-3-7(6)5-8/h1-2,6-8,10,13H,3-5H2. The molecule has 0 aromatic carbocycles. The Morgan fingerprint density at radius 2 is 2.07 bits per heavy atom. The summed E-state index contributed by atoms with van der Waals surface area (Å²) in [4.78, 5) is 0. The topological polar surface area (TPSA) is 33.4 Å². The van der Waals surface area contributed by atoms with E-state index in [1.807, 2.05) is 6.07 Å². The van der Waals surface area contributed by atoms with Gasteiger partial charge in [-0.2, -0.15) is 0 Å². The fraction of sp³-hybridized carbons (Fsp3) is 0.636. The molecule has 2 aliphatic carbocycles. The SMILES string of the molecule is OC(c1occc1Br)C1CC2CC2C1. The minimum atomic E-state index is -0.410. The number of hydrogen-bond acceptors (Lipinski definition) is 2. The summed E-state index contributed by atoms with van der Waals surface area (Å²) < 4.78 is 6.19. The van der Waals surface area contributed by atoms with Crippen molar-refractivity contribution in [3.8, 4) is 0 Å². The van der Waals surface area contributed by atoms with Gasteiger partial charge in [0.15, 0.2) is 0 Å². The summed E-state index contributed by atoms with van der Waals surface area (Å²) in [5, 5.41) is 10.1. The predicted molar refractivity (Wildman–Crippen MR) is 55.7 cm³/mol. The van der Waals surface area contributed by atoms with Gasteiger partial charge >= 0.3 is 0 Å². The molecule has 0 bridgehead atoms. The largest absolute Gasteiger partial charge is 0.465 e. The Bertz CT molecular complexity index is 337. The molecule has 0 spiro atoms. The Morgan fingerprint density at radius 3 is 2.64 bits per heavy atom. The number of hydrogen-bond donors (Lipinski definition) is 1. The molecule has 1 N–H and O–H groups in total. The lowest BCUT2D eigenvalue weighted by atomic mass is 9.95. The summed E-state index contributed by atoms with van der Waals surface area (Å²) in [6, 6.07) is 1.84. The van der Waals surface area contributed by atoms with Gasteiger partial charge in [0.05, 0.1) is 10.7 Å². The minimum Gasteiger partial charge on any atom is -0.465 e. The quantitative estimate of drug-likeness (QED) is 0.883. The molecule has 3 unspecified atom stereocenters. The van der Waals surface area contributed by atoms with Crippen LogP contribution in [0, 0.1) is 17.8 Å². The third-order valence-electron chi connectivity index (χ3n) is 3.64. The third-order valence-corrected chi connectivity index (χ3v) is 4.30. The highest BCUT2D eigenvalue weighted by Crippen LogP contribution is 2.57. The van der Waals surface area contributed by atoms with Gasteiger partial charge in [-0.15, -0.1) is 0 Å². The second-order valence-electron chi connectivity index (χ2n) is 4.56. The van der Waals surface area contributed by atoms with E-state index in [1.165, 1.54) is 19.3 Å². The molecule has 0 amide bonds. The summed E-state index contributed by atoms with van der Waals surface area (Å²) in [5.41, 5.74) is 0. The smallest absolute Gasteiger partial charge is 0.146 e. The zero-order chi connectivity index (χ0) is 9.71. The molecule has 2 saturated carbocycles. The van der Waals surface area contributed by atoms with Crippen LogP contribution in [-0.2, 0) is 0 Å². The molecule has 2 aliphatic rings. The van der Waals surface area contributed by atoms with Gasteiger partial charge in [0, 0.05) is 0 Å². The van der Waals surface area contributed by atoms with E-state index in [0.29, 0.717) is 11.7 Å². The van der Waals surface area contributed by atoms with Crippen molar-refractivity contribution in [2.45, 2.75) is 25.4 Å². The first-order valence-electron chi connectivity index (χ1n) is 5.16. The molecule has 76 valence electrons. The number of fused-ring (bicyclic) bond motifs is 1. The van der Waals surface area contributed by atoms with Gasteiger partial charge in [0.2, 0.25) is 0 Å². The van der Waals surface area contributed by atoms with E-state index in [4.69, 9.17) is 4.42 Å². The first kappa shape index (κ1) is 8.98. The van der Waals surface area contributed by atoms with Gasteiger partial charge in [-0.1, -0.05) is 0 Å². The molecule has 3 heteroatoms. The zero-order valence-electron chi connectivity index (χ0n) is 7.82. The maximum absolute atomic E-state index is 10.1. The number of aliphatic hydroxyl groups is 1. The first-order chi connectivity index (χ1) is 6.75. The second-order valence-corrected chi connectivity index (χ2v) is 5.42. The molecule has 1 aromatic heterocycles. The van der Waals surface area contributed by atoms with Crippen molar-refractivity contribution in [3.63, 3.8) is 0 Å². The number of rotatable bonds is 2. The first-order valence-corrected chi connectivity index (χ1v) is 5.96. The van der Waals surface area contributed by atoms with E-state index in [9.17, 15) is 5.11 Å². The van der Waals surface area contributed by atoms with Crippen LogP contribution < -0.4 is 0 Å². The van der Waals surface area contributed by atoms with E-state index in [-0.39, 0.29) is 0 Å². The molecule has 1 heterocycles. The van der Waals surface area contributed by atoms with Gasteiger partial charge in [-0.3, -0.25) is 0 Å². The highest BCUT2D eigenvalue weighted by atomic mass is 79.9. The van der Waals surface area contributed by atoms with Crippen LogP contribution in [-0.4, -0.2) is 5.11 Å². The molecular formula is C11H13BrO2. The van der Waals surface area contributed by atoms with E-state index < -0.39 is 6.10 Å². The van der Waals surface area contributed by atoms with Crippen molar-refractivity contribution in [1.82, 2.24) is 0 Å². The van der Waals surface area contributed by atoms with Gasteiger partial charge in [-0.05, 0) is 59.0 Å². The third kappa shape index (κ3) is 1.34. The van der Waals surface area contributed by atoms with Crippen molar-refractivity contribution >= 4 is 15.9 Å². The maximum Gasteiger partial charge on any atom is 0.146 e. The van der Waals surface area contributed by atoms with Gasteiger partial charge in [0.1, 0.15) is 11.9 Å². The fourth-order valence-electron chi connectivity index (χ4n) is 2.75. The highest BCUT2D eigenvalue weighted by molar-refractivity contribution is 9.10. The van der Waals surface area contributed by atoms with Gasteiger partial charge in [-0.25, -0.2) is 0 Å². The number of aliphatic hydroxyl groups excluding tert-OH is 1. The van der Waals surface area contributed by atoms with Crippen LogP contribution in [0.25, 0.3) is 0 Å². The fourth-order valence-corrected chi connectivity index (χ4v) is 3.19. The summed E-state index contributed by atoms with van der Waals surface area (Å²) in [5.74, 6) is 2.93. The summed E-state index contributed by atoms with van der Waals surface area (Å²) in [6.45, 7) is 0. The van der Waals surface area contributed by atoms with Crippen LogP contribution in [0.15, 0.2) is 21.2 Å². The van der Waals surface area contributed by atoms with Crippen LogP contribution in [0.3, 0.4) is 0 Å². The van der Waals surface area contributed by atoms with Crippen molar-refractivity contribution in [1.29, 1.82) is 0 Å². The molecule has 2 fully saturated rings. The van der Waals surface area contributed by atoms with E-state index >= 15 is 0 Å². The number of halogens is 1.